The summed E-state index contributed by atoms with van der Waals surface area (Å²) in [5.74, 6) is -0.652. The summed E-state index contributed by atoms with van der Waals surface area (Å²) in [6, 6.07) is 13.7. The van der Waals surface area contributed by atoms with Gasteiger partial charge in [-0.3, -0.25) is 4.79 Å². The average molecular weight is 285 g/mol. The Labute approximate surface area is 124 Å². The number of aryl methyl sites for hydroxylation is 1. The van der Waals surface area contributed by atoms with Gasteiger partial charge >= 0.3 is 5.97 Å². The predicted octanol–water partition coefficient (Wildman–Crippen LogP) is 2.66. The van der Waals surface area contributed by atoms with Crippen LogP contribution in [0.5, 0.6) is 5.75 Å². The first kappa shape index (κ1) is 15.1. The highest BCUT2D eigenvalue weighted by molar-refractivity contribution is 5.75. The second-order valence-corrected chi connectivity index (χ2v) is 5.06. The minimum absolute atomic E-state index is 0.231. The maximum Gasteiger partial charge on any atom is 0.325 e. The zero-order valence-electron chi connectivity index (χ0n) is 11.9. The van der Waals surface area contributed by atoms with E-state index in [1.807, 2.05) is 43.3 Å². The van der Waals surface area contributed by atoms with Crippen LogP contribution in [0, 0.1) is 6.92 Å². The summed E-state index contributed by atoms with van der Waals surface area (Å²) in [4.78, 5) is 11.4. The molecule has 21 heavy (non-hydrogen) atoms. The molecule has 0 saturated heterocycles. The Morgan fingerprint density at radius 1 is 1.19 bits per heavy atom. The molecule has 4 nitrogen and oxygen atoms in total. The van der Waals surface area contributed by atoms with Crippen LogP contribution in [0.15, 0.2) is 48.5 Å². The first-order chi connectivity index (χ1) is 10.1. The van der Waals surface area contributed by atoms with Crippen molar-refractivity contribution in [2.24, 2.45) is 0 Å². The number of phenols is 1. The molecule has 0 spiro atoms. The molecule has 0 aliphatic carbocycles. The Morgan fingerprint density at radius 2 is 1.90 bits per heavy atom. The topological polar surface area (TPSA) is 69.6 Å². The van der Waals surface area contributed by atoms with E-state index in [9.17, 15) is 15.0 Å². The SMILES string of the molecule is Cc1cccc(C(NCCc2ccc(O)cc2)C(=O)O)c1. The summed E-state index contributed by atoms with van der Waals surface area (Å²) >= 11 is 0. The van der Waals surface area contributed by atoms with Crippen LogP contribution in [0.2, 0.25) is 0 Å². The molecule has 2 aromatic rings. The fraction of sp³-hybridized carbons (Fsp3) is 0.235. The highest BCUT2D eigenvalue weighted by Crippen LogP contribution is 2.15. The van der Waals surface area contributed by atoms with Gasteiger partial charge in [0.15, 0.2) is 0 Å². The van der Waals surface area contributed by atoms with E-state index in [1.165, 1.54) is 0 Å². The quantitative estimate of drug-likeness (QED) is 0.763. The lowest BCUT2D eigenvalue weighted by Gasteiger charge is -2.15. The third-order valence-electron chi connectivity index (χ3n) is 3.32. The van der Waals surface area contributed by atoms with Crippen LogP contribution in [-0.4, -0.2) is 22.7 Å². The summed E-state index contributed by atoms with van der Waals surface area (Å²) in [6.45, 7) is 2.49. The lowest BCUT2D eigenvalue weighted by Crippen LogP contribution is -2.30. The van der Waals surface area contributed by atoms with Crippen LogP contribution in [0.3, 0.4) is 0 Å². The van der Waals surface area contributed by atoms with E-state index in [0.717, 1.165) is 16.7 Å². The molecule has 0 amide bonds. The Bertz CT molecular complexity index is 608. The number of rotatable bonds is 6. The van der Waals surface area contributed by atoms with E-state index >= 15 is 0 Å². The van der Waals surface area contributed by atoms with Gasteiger partial charge in [0, 0.05) is 6.54 Å². The molecule has 0 aromatic heterocycles. The zero-order chi connectivity index (χ0) is 15.2. The van der Waals surface area contributed by atoms with Crippen LogP contribution < -0.4 is 5.32 Å². The van der Waals surface area contributed by atoms with E-state index in [4.69, 9.17) is 0 Å². The highest BCUT2D eigenvalue weighted by Gasteiger charge is 2.18. The van der Waals surface area contributed by atoms with Gasteiger partial charge in [-0.15, -0.1) is 0 Å². The summed E-state index contributed by atoms with van der Waals surface area (Å²) in [5.41, 5.74) is 2.85. The summed E-state index contributed by atoms with van der Waals surface area (Å²) in [6.07, 6.45) is 0.704. The molecule has 0 bridgehead atoms. The number of carboxylic acid groups (broad SMARTS) is 1. The number of carboxylic acids is 1. The Balaban J connectivity index is 1.98. The van der Waals surface area contributed by atoms with Crippen molar-refractivity contribution in [3.63, 3.8) is 0 Å². The molecule has 0 aliphatic rings. The van der Waals surface area contributed by atoms with E-state index in [-0.39, 0.29) is 5.75 Å². The van der Waals surface area contributed by atoms with E-state index in [0.29, 0.717) is 13.0 Å². The van der Waals surface area contributed by atoms with Gasteiger partial charge in [-0.05, 0) is 36.6 Å². The summed E-state index contributed by atoms with van der Waals surface area (Å²) in [5, 5.41) is 21.6. The number of nitrogens with one attached hydrogen (secondary N) is 1. The maximum atomic E-state index is 11.4. The molecule has 2 rings (SSSR count). The lowest BCUT2D eigenvalue weighted by molar-refractivity contribution is -0.139. The highest BCUT2D eigenvalue weighted by atomic mass is 16.4. The Hall–Kier alpha value is -2.33. The van der Waals surface area contributed by atoms with Crippen molar-refractivity contribution in [2.45, 2.75) is 19.4 Å². The third-order valence-corrected chi connectivity index (χ3v) is 3.32. The average Bonchev–Trinajstić information content (AvgIpc) is 2.45. The van der Waals surface area contributed by atoms with Crippen molar-refractivity contribution in [1.29, 1.82) is 0 Å². The molecule has 0 radical (unpaired) electrons. The lowest BCUT2D eigenvalue weighted by atomic mass is 10.0. The van der Waals surface area contributed by atoms with Gasteiger partial charge in [-0.2, -0.15) is 0 Å². The first-order valence-corrected chi connectivity index (χ1v) is 6.87. The van der Waals surface area contributed by atoms with Gasteiger partial charge < -0.3 is 15.5 Å². The van der Waals surface area contributed by atoms with Crippen LogP contribution >= 0.6 is 0 Å². The third kappa shape index (κ3) is 4.33. The predicted molar refractivity (Wildman–Crippen MR) is 81.4 cm³/mol. The van der Waals surface area contributed by atoms with Crippen molar-refractivity contribution in [3.8, 4) is 5.75 Å². The molecule has 3 N–H and O–H groups in total. The normalized spacial score (nSPS) is 12.0. The van der Waals surface area contributed by atoms with Crippen molar-refractivity contribution < 1.29 is 15.0 Å². The molecular formula is C17H19NO3. The first-order valence-electron chi connectivity index (χ1n) is 6.87. The molecule has 4 heteroatoms. The van der Waals surface area contributed by atoms with Crippen LogP contribution in [0.1, 0.15) is 22.7 Å². The van der Waals surface area contributed by atoms with Crippen LogP contribution in [-0.2, 0) is 11.2 Å². The molecule has 0 fully saturated rings. The largest absolute Gasteiger partial charge is 0.508 e. The van der Waals surface area contributed by atoms with Gasteiger partial charge in [0.1, 0.15) is 11.8 Å². The fourth-order valence-electron chi connectivity index (χ4n) is 2.22. The van der Waals surface area contributed by atoms with Crippen molar-refractivity contribution in [2.75, 3.05) is 6.54 Å². The number of hydrogen-bond acceptors (Lipinski definition) is 3. The number of aliphatic carboxylic acids is 1. The monoisotopic (exact) mass is 285 g/mol. The van der Waals surface area contributed by atoms with Gasteiger partial charge in [0.05, 0.1) is 0 Å². The minimum atomic E-state index is -0.883. The number of phenolic OH excluding ortho intramolecular Hbond substituents is 1. The van der Waals surface area contributed by atoms with Gasteiger partial charge in [-0.25, -0.2) is 0 Å². The Kier molecular flexibility index (Phi) is 4.95. The molecule has 0 heterocycles. The Morgan fingerprint density at radius 3 is 2.52 bits per heavy atom. The van der Waals surface area contributed by atoms with Gasteiger partial charge in [0.25, 0.3) is 0 Å². The summed E-state index contributed by atoms with van der Waals surface area (Å²) < 4.78 is 0. The van der Waals surface area contributed by atoms with Crippen molar-refractivity contribution in [3.05, 3.63) is 65.2 Å². The molecule has 1 atom stereocenters. The number of benzene rings is 2. The van der Waals surface area contributed by atoms with Gasteiger partial charge in [0.2, 0.25) is 0 Å². The molecular weight excluding hydrogens is 266 g/mol. The van der Waals surface area contributed by atoms with Crippen LogP contribution in [0.25, 0.3) is 0 Å². The van der Waals surface area contributed by atoms with E-state index in [1.54, 1.807) is 12.1 Å². The standard InChI is InChI=1S/C17H19NO3/c1-12-3-2-4-14(11-12)16(17(20)21)18-10-9-13-5-7-15(19)8-6-13/h2-8,11,16,18-19H,9-10H2,1H3,(H,20,21). The fourth-order valence-corrected chi connectivity index (χ4v) is 2.22. The minimum Gasteiger partial charge on any atom is -0.508 e. The van der Waals surface area contributed by atoms with Crippen molar-refractivity contribution in [1.82, 2.24) is 5.32 Å². The molecule has 2 aromatic carbocycles. The molecule has 0 saturated carbocycles. The van der Waals surface area contributed by atoms with E-state index in [2.05, 4.69) is 5.32 Å². The van der Waals surface area contributed by atoms with Crippen molar-refractivity contribution >= 4 is 5.97 Å². The van der Waals surface area contributed by atoms with Gasteiger partial charge in [-0.1, -0.05) is 42.0 Å². The zero-order valence-corrected chi connectivity index (χ0v) is 11.9. The second-order valence-electron chi connectivity index (χ2n) is 5.06. The number of aromatic hydroxyl groups is 1. The van der Waals surface area contributed by atoms with E-state index < -0.39 is 12.0 Å². The molecule has 110 valence electrons. The summed E-state index contributed by atoms with van der Waals surface area (Å²) in [7, 11) is 0. The maximum absolute atomic E-state index is 11.4. The second kappa shape index (κ2) is 6.90. The smallest absolute Gasteiger partial charge is 0.325 e. The van der Waals surface area contributed by atoms with Crippen LogP contribution in [0.4, 0.5) is 0 Å². The number of carbonyl (C=O) groups is 1. The number of hydrogen-bond donors (Lipinski definition) is 3. The molecule has 1 unspecified atom stereocenters. The molecule has 0 aliphatic heterocycles.